The lowest BCUT2D eigenvalue weighted by molar-refractivity contribution is -0.148. The third kappa shape index (κ3) is 8.74. The molecule has 3 amide bonds. The van der Waals surface area contributed by atoms with Gasteiger partial charge in [-0.2, -0.15) is 0 Å². The Bertz CT molecular complexity index is 2370. The van der Waals surface area contributed by atoms with Gasteiger partial charge < -0.3 is 49.7 Å². The van der Waals surface area contributed by atoms with Gasteiger partial charge in [-0.3, -0.25) is 14.4 Å². The summed E-state index contributed by atoms with van der Waals surface area (Å²) >= 11 is 0. The van der Waals surface area contributed by atoms with Crippen molar-refractivity contribution < 1.29 is 43.3 Å². The lowest BCUT2D eigenvalue weighted by Gasteiger charge is -2.33. The predicted octanol–water partition coefficient (Wildman–Crippen LogP) is 6.15. The van der Waals surface area contributed by atoms with Gasteiger partial charge in [-0.1, -0.05) is 39.8 Å². The number of aliphatic hydroxyl groups is 2. The first-order chi connectivity index (χ1) is 30.6. The molecule has 0 spiro atoms. The maximum atomic E-state index is 14.4. The summed E-state index contributed by atoms with van der Waals surface area (Å²) in [5, 5.41) is 24.2. The molecule has 0 radical (unpaired) electrons. The van der Waals surface area contributed by atoms with Crippen molar-refractivity contribution in [1.82, 2.24) is 35.1 Å². The molecule has 8 rings (SSSR count). The van der Waals surface area contributed by atoms with Crippen molar-refractivity contribution >= 4 is 51.6 Å². The number of halogens is 1. The molecule has 5 N–H and O–H groups in total. The summed E-state index contributed by atoms with van der Waals surface area (Å²) < 4.78 is 24.0. The summed E-state index contributed by atoms with van der Waals surface area (Å²) in [6, 6.07) is 16.5. The Morgan fingerprint density at radius 3 is 1.72 bits per heavy atom. The van der Waals surface area contributed by atoms with Crippen LogP contribution in [-0.4, -0.2) is 109 Å². The Hall–Kier alpha value is -6.07. The number of hydrogen-bond acceptors (Lipinski definition) is 11. The number of anilines is 1. The van der Waals surface area contributed by atoms with Crippen molar-refractivity contribution in [2.45, 2.75) is 102 Å². The molecule has 8 atom stereocenters. The maximum absolute atomic E-state index is 14.4. The van der Waals surface area contributed by atoms with Crippen molar-refractivity contribution in [3.63, 3.8) is 0 Å². The van der Waals surface area contributed by atoms with Gasteiger partial charge in [-0.15, -0.1) is 0 Å². The molecule has 340 valence electrons. The number of aromatic amines is 2. The lowest BCUT2D eigenvalue weighted by Crippen LogP contribution is -2.51. The number of imidazole rings is 2. The Morgan fingerprint density at radius 2 is 1.25 bits per heavy atom. The number of ether oxygens (including phenoxy) is 2. The van der Waals surface area contributed by atoms with Crippen LogP contribution >= 0.6 is 0 Å². The molecule has 2 aromatic heterocycles. The number of nitrogens with zero attached hydrogens (tertiary/aromatic N) is 5. The number of benzene rings is 3. The smallest absolute Gasteiger partial charge is 0.407 e. The number of likely N-dealkylation sites (tertiary alicyclic amines) is 2. The number of hydrogen-bond donors (Lipinski definition) is 5. The van der Waals surface area contributed by atoms with E-state index in [-0.39, 0.29) is 67.5 Å². The topological polar surface area (TPSA) is 206 Å². The first-order valence-electron chi connectivity index (χ1n) is 22.0. The molecule has 64 heavy (non-hydrogen) atoms. The number of esters is 1. The summed E-state index contributed by atoms with van der Waals surface area (Å²) in [6.45, 7) is 7.68. The molecule has 3 aliphatic heterocycles. The minimum atomic E-state index is -0.856. The SMILES string of the molecule is COC(=O)C[C@H](C(=O)N1C[C@@H](O)C[C@H]1c1nc2ccc(C3CCC(c4ccc5nc([C@@H]6C[C@H](O)CN6C(=O)[C@@H](NC(=O)OC)C(C)C)[nH]c5c4)N3c3ccc(F)cc3)cc2[nH]1)C(C)C. The fourth-order valence-corrected chi connectivity index (χ4v) is 9.86. The number of carbonyl (C=O) groups is 4. The molecule has 3 fully saturated rings. The molecule has 0 bridgehead atoms. The van der Waals surface area contributed by atoms with Crippen LogP contribution in [0.5, 0.6) is 0 Å². The standard InChI is InChI=1S/C47H57FN8O8/c1-24(2)32(21-41(59)63-5)45(60)54-22-30(57)19-39(54)43-49-33-13-7-26(17-35(33)51-43)37-15-16-38(56(37)29-11-9-28(48)10-12-29)27-8-14-34-36(18-27)52-44(50-34)40-20-31(58)23-55(40)46(61)42(25(3)4)53-47(62)64-6/h7-14,17-18,24-25,30-32,37-40,42,57-58H,15-16,19-23H2,1-6H3,(H,49,51)(H,50,52)(H,53,62)/t30-,31-,32-,37?,38?,39-,40-,42-/m0/s1. The van der Waals surface area contributed by atoms with Crippen molar-refractivity contribution in [3.05, 3.63) is 89.3 Å². The molecule has 2 unspecified atom stereocenters. The van der Waals surface area contributed by atoms with E-state index in [2.05, 4.69) is 32.3 Å². The monoisotopic (exact) mass is 880 g/mol. The van der Waals surface area contributed by atoms with Crippen LogP contribution in [0.2, 0.25) is 0 Å². The number of rotatable bonds is 12. The fourth-order valence-electron chi connectivity index (χ4n) is 9.86. The molecule has 16 nitrogen and oxygen atoms in total. The Labute approximate surface area is 370 Å². The van der Waals surface area contributed by atoms with Crippen LogP contribution in [0.1, 0.15) is 107 Å². The van der Waals surface area contributed by atoms with E-state index in [0.717, 1.165) is 40.7 Å². The van der Waals surface area contributed by atoms with Crippen LogP contribution in [-0.2, 0) is 23.9 Å². The zero-order valence-electron chi connectivity index (χ0n) is 37.0. The third-order valence-electron chi connectivity index (χ3n) is 13.2. The second kappa shape index (κ2) is 18.2. The summed E-state index contributed by atoms with van der Waals surface area (Å²) in [5.41, 5.74) is 5.82. The van der Waals surface area contributed by atoms with E-state index in [1.807, 2.05) is 52.0 Å². The average molecular weight is 881 g/mol. The number of nitrogens with one attached hydrogen (secondary N) is 3. The van der Waals surface area contributed by atoms with Gasteiger partial charge in [0, 0.05) is 31.6 Å². The highest BCUT2D eigenvalue weighted by Crippen LogP contribution is 2.48. The number of alkyl carbamates (subject to hydrolysis) is 1. The molecule has 5 heterocycles. The van der Waals surface area contributed by atoms with Gasteiger partial charge in [-0.05, 0) is 84.3 Å². The largest absolute Gasteiger partial charge is 0.469 e. The van der Waals surface area contributed by atoms with Gasteiger partial charge in [-0.25, -0.2) is 19.2 Å². The zero-order valence-corrected chi connectivity index (χ0v) is 37.0. The van der Waals surface area contributed by atoms with E-state index in [0.29, 0.717) is 29.1 Å². The summed E-state index contributed by atoms with van der Waals surface area (Å²) in [4.78, 5) is 74.3. The molecule has 3 aromatic carbocycles. The number of methoxy groups -OCH3 is 2. The van der Waals surface area contributed by atoms with Crippen molar-refractivity contribution in [2.75, 3.05) is 32.2 Å². The van der Waals surface area contributed by atoms with Crippen LogP contribution in [0, 0.1) is 23.6 Å². The lowest BCUT2D eigenvalue weighted by atomic mass is 9.91. The van der Waals surface area contributed by atoms with Crippen LogP contribution < -0.4 is 10.2 Å². The number of aromatic nitrogens is 4. The van der Waals surface area contributed by atoms with Gasteiger partial charge in [0.15, 0.2) is 0 Å². The molecule has 17 heteroatoms. The first-order valence-corrected chi connectivity index (χ1v) is 22.0. The number of aliphatic hydroxyl groups excluding tert-OH is 2. The molecule has 3 aliphatic rings. The minimum absolute atomic E-state index is 0.0518. The minimum Gasteiger partial charge on any atom is -0.469 e. The van der Waals surface area contributed by atoms with E-state index >= 15 is 0 Å². The summed E-state index contributed by atoms with van der Waals surface area (Å²) in [7, 11) is 2.55. The van der Waals surface area contributed by atoms with Gasteiger partial charge >= 0.3 is 12.1 Å². The van der Waals surface area contributed by atoms with Crippen molar-refractivity contribution in [1.29, 1.82) is 0 Å². The zero-order chi connectivity index (χ0) is 45.6. The number of β-amino-alcohol motifs (C(OH)–C–C–N with tert-alkyl or cyclic N) is 2. The Morgan fingerprint density at radius 1 is 0.734 bits per heavy atom. The molecule has 0 aliphatic carbocycles. The predicted molar refractivity (Wildman–Crippen MR) is 235 cm³/mol. The number of fused-ring (bicyclic) bond motifs is 2. The quantitative estimate of drug-likeness (QED) is 0.0900. The van der Waals surface area contributed by atoms with E-state index < -0.39 is 48.3 Å². The number of H-pyrrole nitrogens is 2. The first kappa shape index (κ1) is 44.5. The van der Waals surface area contributed by atoms with Crippen molar-refractivity contribution in [3.8, 4) is 0 Å². The van der Waals surface area contributed by atoms with Crippen LogP contribution in [0.25, 0.3) is 22.1 Å². The summed E-state index contributed by atoms with van der Waals surface area (Å²) in [6.07, 6.45) is -0.138. The average Bonchev–Trinajstić information content (AvgIpc) is 4.12. The number of amides is 3. The van der Waals surface area contributed by atoms with Gasteiger partial charge in [0.25, 0.3) is 0 Å². The molecule has 0 saturated carbocycles. The fraction of sp³-hybridized carbons (Fsp3) is 0.489. The van der Waals surface area contributed by atoms with Crippen LogP contribution in [0.4, 0.5) is 14.9 Å². The van der Waals surface area contributed by atoms with E-state index in [9.17, 15) is 33.8 Å². The van der Waals surface area contributed by atoms with E-state index in [4.69, 9.17) is 19.4 Å². The number of carbonyl (C=O) groups excluding carboxylic acids is 4. The second-order valence-electron chi connectivity index (χ2n) is 18.1. The highest BCUT2D eigenvalue weighted by atomic mass is 19.1. The van der Waals surface area contributed by atoms with Crippen LogP contribution in [0.3, 0.4) is 0 Å². The maximum Gasteiger partial charge on any atom is 0.407 e. The highest BCUT2D eigenvalue weighted by Gasteiger charge is 2.43. The molecular formula is C47H57FN8O8. The van der Waals surface area contributed by atoms with Crippen LogP contribution in [0.15, 0.2) is 60.7 Å². The normalized spacial score (nSPS) is 23.4. The summed E-state index contributed by atoms with van der Waals surface area (Å²) in [5.74, 6) is -1.24. The Balaban J connectivity index is 1.07. The van der Waals surface area contributed by atoms with Crippen molar-refractivity contribution in [2.24, 2.45) is 17.8 Å². The van der Waals surface area contributed by atoms with E-state index in [1.165, 1.54) is 26.4 Å². The van der Waals surface area contributed by atoms with Gasteiger partial charge in [0.1, 0.15) is 23.5 Å². The third-order valence-corrected chi connectivity index (χ3v) is 13.2. The molecule has 3 saturated heterocycles. The Kier molecular flexibility index (Phi) is 12.7. The highest BCUT2D eigenvalue weighted by molar-refractivity contribution is 5.87. The van der Waals surface area contributed by atoms with Gasteiger partial charge in [0.05, 0.1) is 85.0 Å². The molecular weight excluding hydrogens is 824 g/mol. The molecule has 5 aromatic rings. The second-order valence-corrected chi connectivity index (χ2v) is 18.1. The van der Waals surface area contributed by atoms with E-state index in [1.54, 1.807) is 21.9 Å². The van der Waals surface area contributed by atoms with Gasteiger partial charge in [0.2, 0.25) is 11.8 Å².